The third-order valence-corrected chi connectivity index (χ3v) is 3.91. The molecule has 0 N–H and O–H groups in total. The first-order valence-corrected chi connectivity index (χ1v) is 6.56. The first kappa shape index (κ1) is 11.2. The Bertz CT molecular complexity index is 257. The topological polar surface area (TPSA) is 12.9 Å². The van der Waals surface area contributed by atoms with Crippen molar-refractivity contribution in [1.82, 2.24) is 4.98 Å². The number of aromatic nitrogens is 1. The molecule has 2 atom stereocenters. The van der Waals surface area contributed by atoms with Crippen molar-refractivity contribution in [3.05, 3.63) is 16.1 Å². The van der Waals surface area contributed by atoms with E-state index in [1.54, 1.807) is 11.3 Å². The molecule has 0 bridgehead atoms. The molecule has 2 unspecified atom stereocenters. The fourth-order valence-corrected chi connectivity index (χ4v) is 3.34. The number of nitrogens with zero attached hydrogens (tertiary/aromatic N) is 1. The van der Waals surface area contributed by atoms with Crippen molar-refractivity contribution in [1.29, 1.82) is 0 Å². The Morgan fingerprint density at radius 2 is 2.23 bits per heavy atom. The molecule has 0 radical (unpaired) electrons. The summed E-state index contributed by atoms with van der Waals surface area (Å²) in [5.41, 5.74) is 1.23. The maximum Gasteiger partial charge on any atom is 0.0970 e. The molecule has 0 saturated heterocycles. The molecule has 0 spiro atoms. The summed E-state index contributed by atoms with van der Waals surface area (Å²) in [4.78, 5) is 5.13. The molecule has 13 heavy (non-hydrogen) atoms. The minimum atomic E-state index is 0.522. The van der Waals surface area contributed by atoms with Crippen LogP contribution in [0.25, 0.3) is 0 Å². The Hall–Kier alpha value is 0.110. The first-order chi connectivity index (χ1) is 6.19. The summed E-state index contributed by atoms with van der Waals surface area (Å²) in [5.74, 6) is 0.574. The molecule has 1 rings (SSSR count). The molecule has 0 saturated carbocycles. The zero-order valence-corrected chi connectivity index (χ0v) is 10.8. The molecule has 0 aliphatic carbocycles. The molecule has 74 valence electrons. The molecule has 3 heteroatoms. The van der Waals surface area contributed by atoms with Gasteiger partial charge in [0, 0.05) is 16.1 Å². The van der Waals surface area contributed by atoms with Gasteiger partial charge in [0.1, 0.15) is 0 Å². The summed E-state index contributed by atoms with van der Waals surface area (Å²) in [6.45, 7) is 6.56. The fraction of sp³-hybridized carbons (Fsp3) is 0.700. The zero-order valence-electron chi connectivity index (χ0n) is 8.38. The number of hydrogen-bond donors (Lipinski definition) is 0. The second-order valence-electron chi connectivity index (χ2n) is 3.22. The van der Waals surface area contributed by atoms with Crippen LogP contribution in [0.15, 0.2) is 5.38 Å². The van der Waals surface area contributed by atoms with Crippen molar-refractivity contribution >= 4 is 27.3 Å². The molecule has 1 aromatic rings. The molecule has 0 aliphatic rings. The highest BCUT2D eigenvalue weighted by atomic mass is 79.9. The maximum atomic E-state index is 4.61. The van der Waals surface area contributed by atoms with Crippen molar-refractivity contribution in [2.45, 2.75) is 44.4 Å². The lowest BCUT2D eigenvalue weighted by molar-refractivity contribution is 0.656. The Kier molecular flexibility index (Phi) is 4.39. The van der Waals surface area contributed by atoms with Crippen LogP contribution in [0.2, 0.25) is 0 Å². The van der Waals surface area contributed by atoms with Gasteiger partial charge in [0.2, 0.25) is 0 Å². The third-order valence-electron chi connectivity index (χ3n) is 2.24. The summed E-state index contributed by atoms with van der Waals surface area (Å²) in [5, 5.41) is 3.46. The first-order valence-electron chi connectivity index (χ1n) is 4.77. The summed E-state index contributed by atoms with van der Waals surface area (Å²) in [7, 11) is 0. The van der Waals surface area contributed by atoms with E-state index in [1.807, 2.05) is 0 Å². The minimum Gasteiger partial charge on any atom is -0.246 e. The van der Waals surface area contributed by atoms with Crippen molar-refractivity contribution in [3.63, 3.8) is 0 Å². The van der Waals surface area contributed by atoms with Crippen molar-refractivity contribution in [3.8, 4) is 0 Å². The van der Waals surface area contributed by atoms with Crippen LogP contribution >= 0.6 is 27.3 Å². The monoisotopic (exact) mass is 261 g/mol. The maximum absolute atomic E-state index is 4.61. The van der Waals surface area contributed by atoms with Gasteiger partial charge in [-0.1, -0.05) is 36.7 Å². The van der Waals surface area contributed by atoms with E-state index in [-0.39, 0.29) is 0 Å². The van der Waals surface area contributed by atoms with E-state index in [0.29, 0.717) is 10.7 Å². The van der Waals surface area contributed by atoms with Gasteiger partial charge < -0.3 is 0 Å². The summed E-state index contributed by atoms with van der Waals surface area (Å²) in [6.07, 6.45) is 2.20. The largest absolute Gasteiger partial charge is 0.246 e. The van der Waals surface area contributed by atoms with E-state index in [0.717, 1.165) is 12.8 Å². The summed E-state index contributed by atoms with van der Waals surface area (Å²) in [6, 6.07) is 0. The quantitative estimate of drug-likeness (QED) is 0.748. The lowest BCUT2D eigenvalue weighted by Crippen LogP contribution is -2.07. The predicted molar refractivity (Wildman–Crippen MR) is 62.9 cm³/mol. The molecule has 1 nitrogen and oxygen atoms in total. The highest BCUT2D eigenvalue weighted by molar-refractivity contribution is 9.09. The lowest BCUT2D eigenvalue weighted by Gasteiger charge is -2.13. The molecule has 0 fully saturated rings. The van der Waals surface area contributed by atoms with Gasteiger partial charge in [-0.15, -0.1) is 11.3 Å². The van der Waals surface area contributed by atoms with Gasteiger partial charge in [0.05, 0.1) is 10.7 Å². The Labute approximate surface area is 92.7 Å². The van der Waals surface area contributed by atoms with Gasteiger partial charge in [0.15, 0.2) is 0 Å². The predicted octanol–water partition coefficient (Wildman–Crippen LogP) is 3.98. The standard InChI is InChI=1S/C10H16BrNS/c1-4-8-6-13-10(12-8)9(5-2)7(3)11/h6-7,9H,4-5H2,1-3H3. The number of hydrogen-bond acceptors (Lipinski definition) is 2. The Morgan fingerprint density at radius 1 is 1.54 bits per heavy atom. The van der Waals surface area contributed by atoms with Crippen LogP contribution in [0, 0.1) is 0 Å². The Morgan fingerprint density at radius 3 is 2.62 bits per heavy atom. The number of thiazole rings is 1. The second kappa shape index (κ2) is 5.11. The van der Waals surface area contributed by atoms with Crippen LogP contribution in [-0.2, 0) is 6.42 Å². The van der Waals surface area contributed by atoms with Crippen LogP contribution in [0.1, 0.15) is 43.8 Å². The summed E-state index contributed by atoms with van der Waals surface area (Å²) >= 11 is 5.43. The van der Waals surface area contributed by atoms with E-state index >= 15 is 0 Å². The van der Waals surface area contributed by atoms with Crippen LogP contribution in [-0.4, -0.2) is 9.81 Å². The third kappa shape index (κ3) is 2.78. The zero-order chi connectivity index (χ0) is 9.84. The van der Waals surface area contributed by atoms with Crippen molar-refractivity contribution in [2.75, 3.05) is 0 Å². The minimum absolute atomic E-state index is 0.522. The molecule has 1 aromatic heterocycles. The lowest BCUT2D eigenvalue weighted by atomic mass is 10.1. The average Bonchev–Trinajstić information content (AvgIpc) is 2.53. The van der Waals surface area contributed by atoms with Crippen LogP contribution in [0.3, 0.4) is 0 Å². The normalized spacial score (nSPS) is 15.7. The molecule has 0 amide bonds. The van der Waals surface area contributed by atoms with Gasteiger partial charge in [-0.05, 0) is 12.8 Å². The SMILES string of the molecule is CCc1csc(C(CC)C(C)Br)n1. The molecule has 1 heterocycles. The van der Waals surface area contributed by atoms with Gasteiger partial charge >= 0.3 is 0 Å². The Balaban J connectivity index is 2.79. The number of rotatable bonds is 4. The van der Waals surface area contributed by atoms with E-state index in [4.69, 9.17) is 0 Å². The number of aryl methyl sites for hydroxylation is 1. The van der Waals surface area contributed by atoms with Crippen molar-refractivity contribution < 1.29 is 0 Å². The van der Waals surface area contributed by atoms with Gasteiger partial charge in [0.25, 0.3) is 0 Å². The molecule has 0 aromatic carbocycles. The van der Waals surface area contributed by atoms with Gasteiger partial charge in [-0.2, -0.15) is 0 Å². The van der Waals surface area contributed by atoms with E-state index in [9.17, 15) is 0 Å². The molecular formula is C10H16BrNS. The fourth-order valence-electron chi connectivity index (χ4n) is 1.35. The smallest absolute Gasteiger partial charge is 0.0970 e. The second-order valence-corrected chi connectivity index (χ2v) is 5.56. The van der Waals surface area contributed by atoms with E-state index in [1.165, 1.54) is 10.7 Å². The number of halogens is 1. The van der Waals surface area contributed by atoms with Crippen LogP contribution in [0.5, 0.6) is 0 Å². The van der Waals surface area contributed by atoms with Crippen LogP contribution < -0.4 is 0 Å². The van der Waals surface area contributed by atoms with Gasteiger partial charge in [-0.25, -0.2) is 4.98 Å². The highest BCUT2D eigenvalue weighted by Crippen LogP contribution is 2.30. The summed E-state index contributed by atoms with van der Waals surface area (Å²) < 4.78 is 0. The molecular weight excluding hydrogens is 246 g/mol. The average molecular weight is 262 g/mol. The van der Waals surface area contributed by atoms with E-state index < -0.39 is 0 Å². The van der Waals surface area contributed by atoms with E-state index in [2.05, 4.69) is 47.1 Å². The van der Waals surface area contributed by atoms with Crippen molar-refractivity contribution in [2.24, 2.45) is 0 Å². The van der Waals surface area contributed by atoms with Crippen LogP contribution in [0.4, 0.5) is 0 Å². The highest BCUT2D eigenvalue weighted by Gasteiger charge is 2.17. The number of alkyl halides is 1. The molecule has 0 aliphatic heterocycles. The van der Waals surface area contributed by atoms with Gasteiger partial charge in [-0.3, -0.25) is 0 Å².